The average molecular weight is 279 g/mol. The van der Waals surface area contributed by atoms with Gasteiger partial charge in [-0.3, -0.25) is 14.7 Å². The molecule has 2 rings (SSSR count). The predicted octanol–water partition coefficient (Wildman–Crippen LogP) is 0.292. The molecule has 0 atom stereocenters. The van der Waals surface area contributed by atoms with Crippen LogP contribution in [-0.2, 0) is 9.59 Å². The van der Waals surface area contributed by atoms with Crippen molar-refractivity contribution >= 4 is 17.6 Å². The zero-order valence-electron chi connectivity index (χ0n) is 12.1. The normalized spacial score (nSPS) is 21.4. The number of H-pyrrole nitrogens is 1. The first-order valence-electron chi connectivity index (χ1n) is 6.71. The maximum absolute atomic E-state index is 11.6. The first-order chi connectivity index (χ1) is 9.44. The number of carbonyl (C=O) groups excluding carboxylic acids is 2. The number of rotatable bonds is 5. The van der Waals surface area contributed by atoms with E-state index in [0.29, 0.717) is 18.3 Å². The predicted molar refractivity (Wildman–Crippen MR) is 75.4 cm³/mol. The van der Waals surface area contributed by atoms with Gasteiger partial charge in [-0.25, -0.2) is 0 Å². The standard InChI is InChI=1S/C13H21N5O2/c1-8(19)14-10-4-9(5-10)11-6-12(17-16-11)15-13(20)7-18(2)3/h6,9-10H,4-5,7H2,1-3H3,(H,14,19)(H2,15,16,17,20)/t9-,10+. The summed E-state index contributed by atoms with van der Waals surface area (Å²) in [5, 5.41) is 12.7. The van der Waals surface area contributed by atoms with Crippen molar-refractivity contribution < 1.29 is 9.59 Å². The molecule has 1 fully saturated rings. The van der Waals surface area contributed by atoms with E-state index in [0.717, 1.165) is 18.5 Å². The lowest BCUT2D eigenvalue weighted by Gasteiger charge is -2.34. The first kappa shape index (κ1) is 14.5. The van der Waals surface area contributed by atoms with Crippen LogP contribution in [0.4, 0.5) is 5.82 Å². The SMILES string of the molecule is CC(=O)N[C@H]1C[C@@H](c2cc(NC(=O)CN(C)C)[nH]n2)C1. The Balaban J connectivity index is 1.82. The molecule has 110 valence electrons. The van der Waals surface area contributed by atoms with Gasteiger partial charge >= 0.3 is 0 Å². The summed E-state index contributed by atoms with van der Waals surface area (Å²) in [5.41, 5.74) is 0.937. The van der Waals surface area contributed by atoms with Gasteiger partial charge < -0.3 is 15.5 Å². The second-order valence-electron chi connectivity index (χ2n) is 5.56. The van der Waals surface area contributed by atoms with E-state index in [1.165, 1.54) is 6.92 Å². The summed E-state index contributed by atoms with van der Waals surface area (Å²) in [6.07, 6.45) is 1.80. The molecule has 1 aromatic heterocycles. The number of amides is 2. The summed E-state index contributed by atoms with van der Waals surface area (Å²) in [4.78, 5) is 24.3. The molecular weight excluding hydrogens is 258 g/mol. The first-order valence-corrected chi connectivity index (χ1v) is 6.71. The van der Waals surface area contributed by atoms with Gasteiger partial charge in [0, 0.05) is 24.9 Å². The number of nitrogens with one attached hydrogen (secondary N) is 3. The van der Waals surface area contributed by atoms with E-state index >= 15 is 0 Å². The fourth-order valence-electron chi connectivity index (χ4n) is 2.35. The van der Waals surface area contributed by atoms with Crippen molar-refractivity contribution in [1.82, 2.24) is 20.4 Å². The highest BCUT2D eigenvalue weighted by Crippen LogP contribution is 2.36. The number of hydrogen-bond acceptors (Lipinski definition) is 4. The summed E-state index contributed by atoms with van der Waals surface area (Å²) in [6.45, 7) is 1.86. The molecule has 0 radical (unpaired) electrons. The Morgan fingerprint density at radius 3 is 2.75 bits per heavy atom. The van der Waals surface area contributed by atoms with Crippen LogP contribution in [0.1, 0.15) is 31.4 Å². The Hall–Kier alpha value is -1.89. The smallest absolute Gasteiger partial charge is 0.239 e. The monoisotopic (exact) mass is 279 g/mol. The Morgan fingerprint density at radius 1 is 1.45 bits per heavy atom. The third kappa shape index (κ3) is 3.80. The van der Waals surface area contributed by atoms with Gasteiger partial charge in [-0.05, 0) is 26.9 Å². The average Bonchev–Trinajstić information content (AvgIpc) is 2.69. The van der Waals surface area contributed by atoms with Crippen LogP contribution in [0.2, 0.25) is 0 Å². The van der Waals surface area contributed by atoms with Crippen molar-refractivity contribution in [2.45, 2.75) is 31.7 Å². The Morgan fingerprint density at radius 2 is 2.15 bits per heavy atom. The number of aromatic amines is 1. The maximum Gasteiger partial charge on any atom is 0.239 e. The van der Waals surface area contributed by atoms with Crippen LogP contribution in [0.15, 0.2) is 6.07 Å². The zero-order chi connectivity index (χ0) is 14.7. The minimum atomic E-state index is -0.0741. The molecule has 1 aliphatic carbocycles. The third-order valence-electron chi connectivity index (χ3n) is 3.30. The highest BCUT2D eigenvalue weighted by Gasteiger charge is 2.32. The minimum Gasteiger partial charge on any atom is -0.354 e. The van der Waals surface area contributed by atoms with Gasteiger partial charge in [-0.15, -0.1) is 0 Å². The lowest BCUT2D eigenvalue weighted by Crippen LogP contribution is -2.42. The number of likely N-dealkylation sites (N-methyl/N-ethyl adjacent to an activating group) is 1. The van der Waals surface area contributed by atoms with Crippen LogP contribution < -0.4 is 10.6 Å². The van der Waals surface area contributed by atoms with Gasteiger partial charge in [0.25, 0.3) is 0 Å². The van der Waals surface area contributed by atoms with Gasteiger partial charge in [0.1, 0.15) is 5.82 Å². The van der Waals surface area contributed by atoms with Crippen LogP contribution in [0.5, 0.6) is 0 Å². The number of hydrogen-bond donors (Lipinski definition) is 3. The zero-order valence-corrected chi connectivity index (χ0v) is 12.1. The quantitative estimate of drug-likeness (QED) is 0.722. The van der Waals surface area contributed by atoms with Gasteiger partial charge in [0.15, 0.2) is 0 Å². The van der Waals surface area contributed by atoms with Crippen LogP contribution in [-0.4, -0.2) is 53.6 Å². The molecular formula is C13H21N5O2. The molecule has 1 heterocycles. The summed E-state index contributed by atoms with van der Waals surface area (Å²) in [7, 11) is 3.68. The minimum absolute atomic E-state index is 0.00659. The van der Waals surface area contributed by atoms with Gasteiger partial charge in [0.05, 0.1) is 12.2 Å². The summed E-state index contributed by atoms with van der Waals surface area (Å²) < 4.78 is 0. The lowest BCUT2D eigenvalue weighted by molar-refractivity contribution is -0.120. The third-order valence-corrected chi connectivity index (χ3v) is 3.30. The molecule has 1 aliphatic rings. The molecule has 0 bridgehead atoms. The largest absolute Gasteiger partial charge is 0.354 e. The van der Waals surface area contributed by atoms with E-state index in [1.54, 1.807) is 4.90 Å². The second-order valence-corrected chi connectivity index (χ2v) is 5.56. The molecule has 0 unspecified atom stereocenters. The Labute approximate surface area is 118 Å². The van der Waals surface area contributed by atoms with E-state index in [2.05, 4.69) is 20.8 Å². The van der Waals surface area contributed by atoms with Crippen LogP contribution in [0.25, 0.3) is 0 Å². The van der Waals surface area contributed by atoms with Crippen molar-refractivity contribution in [1.29, 1.82) is 0 Å². The molecule has 2 amide bonds. The molecule has 0 aliphatic heterocycles. The lowest BCUT2D eigenvalue weighted by atomic mass is 9.78. The van der Waals surface area contributed by atoms with Crippen molar-refractivity contribution in [3.63, 3.8) is 0 Å². The second kappa shape index (κ2) is 6.04. The van der Waals surface area contributed by atoms with E-state index in [4.69, 9.17) is 0 Å². The van der Waals surface area contributed by atoms with Crippen molar-refractivity contribution in [3.8, 4) is 0 Å². The summed E-state index contributed by atoms with van der Waals surface area (Å²) in [5.74, 6) is 0.902. The fourth-order valence-corrected chi connectivity index (χ4v) is 2.35. The van der Waals surface area contributed by atoms with Gasteiger partial charge in [0.2, 0.25) is 11.8 Å². The van der Waals surface area contributed by atoms with E-state index < -0.39 is 0 Å². The molecule has 1 aromatic rings. The molecule has 7 heteroatoms. The number of nitrogens with zero attached hydrogens (tertiary/aromatic N) is 2. The molecule has 0 aromatic carbocycles. The maximum atomic E-state index is 11.6. The Kier molecular flexibility index (Phi) is 4.39. The van der Waals surface area contributed by atoms with Crippen LogP contribution in [0.3, 0.4) is 0 Å². The van der Waals surface area contributed by atoms with Crippen molar-refractivity contribution in [2.24, 2.45) is 0 Å². The summed E-state index contributed by atoms with van der Waals surface area (Å²) >= 11 is 0. The summed E-state index contributed by atoms with van der Waals surface area (Å²) in [6, 6.07) is 2.11. The van der Waals surface area contributed by atoms with Crippen molar-refractivity contribution in [3.05, 3.63) is 11.8 Å². The fraction of sp³-hybridized carbons (Fsp3) is 0.615. The molecule has 0 spiro atoms. The van der Waals surface area contributed by atoms with E-state index in [1.807, 2.05) is 20.2 Å². The number of aromatic nitrogens is 2. The molecule has 20 heavy (non-hydrogen) atoms. The molecule has 1 saturated carbocycles. The van der Waals surface area contributed by atoms with Crippen molar-refractivity contribution in [2.75, 3.05) is 26.0 Å². The highest BCUT2D eigenvalue weighted by atomic mass is 16.2. The number of anilines is 1. The highest BCUT2D eigenvalue weighted by molar-refractivity contribution is 5.91. The molecule has 7 nitrogen and oxygen atoms in total. The van der Waals surface area contributed by atoms with E-state index in [9.17, 15) is 9.59 Å². The number of carbonyl (C=O) groups is 2. The molecule has 0 saturated heterocycles. The topological polar surface area (TPSA) is 90.1 Å². The van der Waals surface area contributed by atoms with Crippen LogP contribution in [0, 0.1) is 0 Å². The Bertz CT molecular complexity index is 491. The van der Waals surface area contributed by atoms with E-state index in [-0.39, 0.29) is 17.9 Å². The van der Waals surface area contributed by atoms with Gasteiger partial charge in [-0.2, -0.15) is 5.10 Å². The van der Waals surface area contributed by atoms with Crippen LogP contribution >= 0.6 is 0 Å². The van der Waals surface area contributed by atoms with Gasteiger partial charge in [-0.1, -0.05) is 0 Å². The molecule has 3 N–H and O–H groups in total.